The minimum Gasteiger partial charge on any atom is -0.370 e. The second kappa shape index (κ2) is 5.01. The van der Waals surface area contributed by atoms with Crippen molar-refractivity contribution in [1.82, 2.24) is 0 Å². The molecule has 3 heteroatoms. The first-order valence-corrected chi connectivity index (χ1v) is 5.99. The molecule has 0 atom stereocenters. The van der Waals surface area contributed by atoms with Crippen LogP contribution in [0.4, 0.5) is 5.69 Å². The third kappa shape index (κ3) is 2.47. The van der Waals surface area contributed by atoms with E-state index in [9.17, 15) is 4.79 Å². The summed E-state index contributed by atoms with van der Waals surface area (Å²) in [5.74, 6) is 0.769. The van der Waals surface area contributed by atoms with E-state index >= 15 is 0 Å². The van der Waals surface area contributed by atoms with Gasteiger partial charge in [-0.15, -0.1) is 0 Å². The summed E-state index contributed by atoms with van der Waals surface area (Å²) < 4.78 is 0. The van der Waals surface area contributed by atoms with Crippen LogP contribution in [-0.2, 0) is 0 Å². The van der Waals surface area contributed by atoms with Crippen molar-refractivity contribution < 1.29 is 4.79 Å². The number of piperidine rings is 1. The molecule has 0 bridgehead atoms. The number of hydrogen-bond donors (Lipinski definition) is 0. The summed E-state index contributed by atoms with van der Waals surface area (Å²) in [7, 11) is 0. The van der Waals surface area contributed by atoms with Gasteiger partial charge in [-0.1, -0.05) is 6.92 Å². The Morgan fingerprint density at radius 3 is 2.71 bits per heavy atom. The van der Waals surface area contributed by atoms with Gasteiger partial charge >= 0.3 is 0 Å². The maximum Gasteiger partial charge on any atom is 0.150 e. The Labute approximate surface area is 102 Å². The van der Waals surface area contributed by atoms with Gasteiger partial charge in [0.15, 0.2) is 0 Å². The zero-order valence-electron chi connectivity index (χ0n) is 10.0. The first-order valence-electron chi connectivity index (χ1n) is 5.99. The lowest BCUT2D eigenvalue weighted by Gasteiger charge is -2.32. The monoisotopic (exact) mass is 228 g/mol. The molecule has 1 aromatic carbocycles. The molecule has 1 aliphatic heterocycles. The Balaban J connectivity index is 2.26. The Bertz CT molecular complexity index is 454. The van der Waals surface area contributed by atoms with Crippen molar-refractivity contribution in [2.75, 3.05) is 18.0 Å². The van der Waals surface area contributed by atoms with Gasteiger partial charge < -0.3 is 4.90 Å². The summed E-state index contributed by atoms with van der Waals surface area (Å²) in [6, 6.07) is 7.51. The van der Waals surface area contributed by atoms with E-state index < -0.39 is 0 Å². The summed E-state index contributed by atoms with van der Waals surface area (Å²) in [4.78, 5) is 12.9. The molecule has 0 radical (unpaired) electrons. The third-order valence-corrected chi connectivity index (χ3v) is 3.40. The molecule has 1 heterocycles. The zero-order valence-corrected chi connectivity index (χ0v) is 10.0. The summed E-state index contributed by atoms with van der Waals surface area (Å²) in [6.45, 7) is 4.25. The molecular weight excluding hydrogens is 212 g/mol. The summed E-state index contributed by atoms with van der Waals surface area (Å²) in [5, 5.41) is 9.13. The van der Waals surface area contributed by atoms with Crippen LogP contribution >= 0.6 is 0 Å². The Morgan fingerprint density at radius 1 is 1.41 bits per heavy atom. The van der Waals surface area contributed by atoms with Gasteiger partial charge in [-0.2, -0.15) is 5.26 Å². The van der Waals surface area contributed by atoms with E-state index in [1.54, 1.807) is 12.1 Å². The van der Waals surface area contributed by atoms with E-state index in [2.05, 4.69) is 17.9 Å². The zero-order chi connectivity index (χ0) is 12.3. The molecule has 0 saturated carbocycles. The van der Waals surface area contributed by atoms with Gasteiger partial charge in [-0.05, 0) is 37.0 Å². The van der Waals surface area contributed by atoms with E-state index in [0.29, 0.717) is 11.1 Å². The Hall–Kier alpha value is -1.82. The van der Waals surface area contributed by atoms with Crippen LogP contribution in [0.1, 0.15) is 35.7 Å². The van der Waals surface area contributed by atoms with Crippen molar-refractivity contribution in [3.8, 4) is 6.07 Å². The Kier molecular flexibility index (Phi) is 3.43. The number of carbonyl (C=O) groups is 1. The highest BCUT2D eigenvalue weighted by atomic mass is 16.1. The van der Waals surface area contributed by atoms with Gasteiger partial charge in [0, 0.05) is 18.7 Å². The summed E-state index contributed by atoms with van der Waals surface area (Å²) >= 11 is 0. The third-order valence-electron chi connectivity index (χ3n) is 3.40. The van der Waals surface area contributed by atoms with Crippen molar-refractivity contribution in [1.29, 1.82) is 5.26 Å². The van der Waals surface area contributed by atoms with Crippen LogP contribution in [0, 0.1) is 17.2 Å². The number of aldehydes is 1. The number of anilines is 1. The second-order valence-corrected chi connectivity index (χ2v) is 4.68. The lowest BCUT2D eigenvalue weighted by molar-refractivity contribution is 0.112. The molecule has 2 rings (SSSR count). The lowest BCUT2D eigenvalue weighted by Crippen LogP contribution is -2.33. The molecule has 0 spiro atoms. The maximum absolute atomic E-state index is 10.7. The average molecular weight is 228 g/mol. The van der Waals surface area contributed by atoms with Gasteiger partial charge in [0.25, 0.3) is 0 Å². The van der Waals surface area contributed by atoms with E-state index in [-0.39, 0.29) is 0 Å². The topological polar surface area (TPSA) is 44.1 Å². The smallest absolute Gasteiger partial charge is 0.150 e. The number of hydrogen-bond acceptors (Lipinski definition) is 3. The molecule has 0 amide bonds. The number of benzene rings is 1. The number of nitrogens with zero attached hydrogens (tertiary/aromatic N) is 2. The fourth-order valence-electron chi connectivity index (χ4n) is 2.24. The molecule has 1 saturated heterocycles. The van der Waals surface area contributed by atoms with Crippen LogP contribution in [-0.4, -0.2) is 19.4 Å². The van der Waals surface area contributed by atoms with Crippen LogP contribution in [0.15, 0.2) is 18.2 Å². The standard InChI is InChI=1S/C14H16N2O/c1-11-4-6-16(7-5-11)14-3-2-12(10-17)8-13(14)9-15/h2-3,8,10-11H,4-7H2,1H3. The highest BCUT2D eigenvalue weighted by Gasteiger charge is 2.18. The molecule has 1 fully saturated rings. The first-order chi connectivity index (χ1) is 8.24. The normalized spacial score (nSPS) is 16.6. The average Bonchev–Trinajstić information content (AvgIpc) is 2.39. The molecule has 0 unspecified atom stereocenters. The fraction of sp³-hybridized carbons (Fsp3) is 0.429. The molecule has 0 aromatic heterocycles. The van der Waals surface area contributed by atoms with Crippen molar-refractivity contribution in [3.05, 3.63) is 29.3 Å². The summed E-state index contributed by atoms with van der Waals surface area (Å²) in [6.07, 6.45) is 3.11. The van der Waals surface area contributed by atoms with Crippen molar-refractivity contribution in [2.24, 2.45) is 5.92 Å². The lowest BCUT2D eigenvalue weighted by atomic mass is 9.98. The molecule has 1 aromatic rings. The highest BCUT2D eigenvalue weighted by Crippen LogP contribution is 2.26. The number of rotatable bonds is 2. The van der Waals surface area contributed by atoms with Gasteiger partial charge in [-0.25, -0.2) is 0 Å². The van der Waals surface area contributed by atoms with Gasteiger partial charge in [0.1, 0.15) is 12.4 Å². The SMILES string of the molecule is CC1CCN(c2ccc(C=O)cc2C#N)CC1. The van der Waals surface area contributed by atoms with Crippen LogP contribution in [0.25, 0.3) is 0 Å². The minimum absolute atomic E-state index is 0.565. The van der Waals surface area contributed by atoms with Crippen molar-refractivity contribution in [2.45, 2.75) is 19.8 Å². The van der Waals surface area contributed by atoms with Gasteiger partial charge in [0.2, 0.25) is 0 Å². The first kappa shape index (κ1) is 11.7. The highest BCUT2D eigenvalue weighted by molar-refractivity contribution is 5.78. The molecular formula is C14H16N2O. The maximum atomic E-state index is 10.7. The quantitative estimate of drug-likeness (QED) is 0.731. The molecule has 17 heavy (non-hydrogen) atoms. The second-order valence-electron chi connectivity index (χ2n) is 4.68. The molecule has 0 N–H and O–H groups in total. The minimum atomic E-state index is 0.565. The molecule has 3 nitrogen and oxygen atoms in total. The predicted molar refractivity (Wildman–Crippen MR) is 67.2 cm³/mol. The summed E-state index contributed by atoms with van der Waals surface area (Å²) in [5.41, 5.74) is 2.13. The van der Waals surface area contributed by atoms with Crippen LogP contribution in [0.3, 0.4) is 0 Å². The van der Waals surface area contributed by atoms with Crippen LogP contribution in [0.2, 0.25) is 0 Å². The molecule has 1 aliphatic rings. The van der Waals surface area contributed by atoms with Gasteiger partial charge in [-0.3, -0.25) is 4.79 Å². The van der Waals surface area contributed by atoms with Gasteiger partial charge in [0.05, 0.1) is 11.3 Å². The fourth-order valence-corrected chi connectivity index (χ4v) is 2.24. The van der Waals surface area contributed by atoms with E-state index in [0.717, 1.165) is 31.0 Å². The van der Waals surface area contributed by atoms with Crippen LogP contribution < -0.4 is 4.90 Å². The van der Waals surface area contributed by atoms with E-state index in [4.69, 9.17) is 5.26 Å². The predicted octanol–water partition coefficient (Wildman–Crippen LogP) is 2.61. The molecule has 0 aliphatic carbocycles. The molecule has 88 valence electrons. The Morgan fingerprint density at radius 2 is 2.12 bits per heavy atom. The number of nitriles is 1. The largest absolute Gasteiger partial charge is 0.370 e. The number of carbonyl (C=O) groups excluding carboxylic acids is 1. The van der Waals surface area contributed by atoms with Crippen molar-refractivity contribution >= 4 is 12.0 Å². The van der Waals surface area contributed by atoms with E-state index in [1.165, 1.54) is 12.8 Å². The van der Waals surface area contributed by atoms with Crippen LogP contribution in [0.5, 0.6) is 0 Å². The van der Waals surface area contributed by atoms with Crippen molar-refractivity contribution in [3.63, 3.8) is 0 Å². The van der Waals surface area contributed by atoms with E-state index in [1.807, 2.05) is 6.07 Å².